The van der Waals surface area contributed by atoms with Gasteiger partial charge in [-0.15, -0.1) is 0 Å². The van der Waals surface area contributed by atoms with Crippen molar-refractivity contribution in [3.63, 3.8) is 0 Å². The fourth-order valence-corrected chi connectivity index (χ4v) is 0. The Hall–Kier alpha value is -0.0300. The Balaban J connectivity index is 0. The average Bonchev–Trinajstić information content (AvgIpc) is 1.89. The predicted octanol–water partition coefficient (Wildman–Crippen LogP) is -0.154. The van der Waals surface area contributed by atoms with Crippen molar-refractivity contribution >= 4 is 29.2 Å². The summed E-state index contributed by atoms with van der Waals surface area (Å²) in [5.74, 6) is -1.21. The van der Waals surface area contributed by atoms with Crippen molar-refractivity contribution in [3.8, 4) is 0 Å². The minimum Gasteiger partial charge on any atom is -0.479 e. The smallest absolute Gasteiger partial charge is 0.337 e. The third kappa shape index (κ3) is 15.7. The fourth-order valence-electron chi connectivity index (χ4n) is 0. The van der Waals surface area contributed by atoms with Crippen molar-refractivity contribution in [3.05, 3.63) is 0 Å². The summed E-state index contributed by atoms with van der Waals surface area (Å²) < 4.78 is 0. The molecule has 0 fully saturated rings. The Morgan fingerprint density at radius 1 is 1.30 bits per heavy atom. The molecule has 0 radical (unpaired) electrons. The number of aliphatic hydroxyl groups is 2. The quantitative estimate of drug-likeness (QED) is 0.530. The highest BCUT2D eigenvalue weighted by Crippen LogP contribution is 1.98. The number of carboxylic acids is 1. The summed E-state index contributed by atoms with van der Waals surface area (Å²) >= 11 is 9.56. The summed E-state index contributed by atoms with van der Waals surface area (Å²) in [6, 6.07) is 0. The number of halogens is 2. The number of hydrogen-bond donors (Lipinski definition) is 3. The van der Waals surface area contributed by atoms with Crippen molar-refractivity contribution < 1.29 is 20.1 Å². The van der Waals surface area contributed by atoms with Gasteiger partial charge in [-0.05, 0) is 0 Å². The van der Waals surface area contributed by atoms with E-state index < -0.39 is 10.8 Å². The van der Waals surface area contributed by atoms with Crippen LogP contribution in [0.5, 0.6) is 0 Å². The van der Waals surface area contributed by atoms with Crippen LogP contribution in [0.25, 0.3) is 0 Å². The number of aliphatic hydroxyl groups excluding tert-OH is 2. The lowest BCUT2D eigenvalue weighted by Crippen LogP contribution is -2.03. The second-order valence-corrected chi connectivity index (χ2v) is 2.18. The van der Waals surface area contributed by atoms with Crippen LogP contribution in [0.4, 0.5) is 0 Å². The Labute approximate surface area is 68.0 Å². The molecule has 0 aromatic carbocycles. The fraction of sp³-hybridized carbons (Fsp3) is 0.750. The molecule has 0 saturated carbocycles. The van der Waals surface area contributed by atoms with Gasteiger partial charge in [0.1, 0.15) is 0 Å². The van der Waals surface area contributed by atoms with Crippen LogP contribution in [-0.4, -0.2) is 39.3 Å². The zero-order valence-electron chi connectivity index (χ0n) is 5.00. The van der Waals surface area contributed by atoms with E-state index in [1.165, 1.54) is 0 Å². The van der Waals surface area contributed by atoms with E-state index >= 15 is 0 Å². The molecule has 0 aliphatic rings. The lowest BCUT2D eigenvalue weighted by Gasteiger charge is -1.84. The van der Waals surface area contributed by atoms with Gasteiger partial charge < -0.3 is 15.3 Å². The molecule has 0 spiro atoms. The summed E-state index contributed by atoms with van der Waals surface area (Å²) in [7, 11) is 0. The van der Waals surface area contributed by atoms with Crippen molar-refractivity contribution in [1.82, 2.24) is 0 Å². The first-order valence-corrected chi connectivity index (χ1v) is 3.16. The van der Waals surface area contributed by atoms with E-state index in [-0.39, 0.29) is 13.2 Å². The molecule has 0 aliphatic carbocycles. The molecular weight excluding hydrogens is 183 g/mol. The molecule has 4 nitrogen and oxygen atoms in total. The number of alkyl halides is 2. The number of aliphatic carboxylic acids is 1. The highest BCUT2D eigenvalue weighted by molar-refractivity contribution is 6.52. The summed E-state index contributed by atoms with van der Waals surface area (Å²) in [4.78, 5) is 8.15. The Kier molecular flexibility index (Phi) is 11.3. The Morgan fingerprint density at radius 3 is 1.50 bits per heavy atom. The number of carbonyl (C=O) groups is 1. The molecule has 0 aromatic rings. The van der Waals surface area contributed by atoms with E-state index in [1.807, 2.05) is 0 Å². The lowest BCUT2D eigenvalue weighted by molar-refractivity contribution is -0.135. The molecule has 0 aromatic heterocycles. The van der Waals surface area contributed by atoms with Crippen LogP contribution in [0.1, 0.15) is 0 Å². The monoisotopic (exact) mass is 190 g/mol. The van der Waals surface area contributed by atoms with Crippen LogP contribution in [-0.2, 0) is 4.79 Å². The normalized spacial score (nSPS) is 8.50. The molecule has 0 amide bonds. The van der Waals surface area contributed by atoms with Gasteiger partial charge >= 0.3 is 5.97 Å². The highest BCUT2D eigenvalue weighted by atomic mass is 35.5. The van der Waals surface area contributed by atoms with Gasteiger partial charge in [-0.2, -0.15) is 0 Å². The molecule has 3 N–H and O–H groups in total. The standard InChI is InChI=1S/C2H2Cl2O2.C2H6O2/c3-1(4)2(5)6;3-1-2-4/h1H,(H,5,6);3-4H,1-2H2. The number of carboxylic acid groups (broad SMARTS) is 1. The van der Waals surface area contributed by atoms with Crippen LogP contribution >= 0.6 is 23.2 Å². The van der Waals surface area contributed by atoms with E-state index in [1.54, 1.807) is 0 Å². The van der Waals surface area contributed by atoms with Crippen LogP contribution < -0.4 is 0 Å². The van der Waals surface area contributed by atoms with Gasteiger partial charge in [0.15, 0.2) is 0 Å². The van der Waals surface area contributed by atoms with E-state index in [2.05, 4.69) is 0 Å². The van der Waals surface area contributed by atoms with Crippen molar-refractivity contribution in [1.29, 1.82) is 0 Å². The van der Waals surface area contributed by atoms with E-state index in [0.717, 1.165) is 0 Å². The van der Waals surface area contributed by atoms with Gasteiger partial charge in [-0.25, -0.2) is 4.79 Å². The van der Waals surface area contributed by atoms with Crippen LogP contribution in [0.3, 0.4) is 0 Å². The van der Waals surface area contributed by atoms with Crippen molar-refractivity contribution in [2.45, 2.75) is 4.84 Å². The van der Waals surface area contributed by atoms with Gasteiger partial charge in [0.05, 0.1) is 13.2 Å². The van der Waals surface area contributed by atoms with Crippen molar-refractivity contribution in [2.75, 3.05) is 13.2 Å². The molecule has 0 aliphatic heterocycles. The van der Waals surface area contributed by atoms with Gasteiger partial charge in [-0.3, -0.25) is 0 Å². The number of hydrogen-bond acceptors (Lipinski definition) is 3. The van der Waals surface area contributed by atoms with E-state index in [9.17, 15) is 4.79 Å². The van der Waals surface area contributed by atoms with E-state index in [4.69, 9.17) is 38.5 Å². The van der Waals surface area contributed by atoms with E-state index in [0.29, 0.717) is 0 Å². The van der Waals surface area contributed by atoms with Crippen LogP contribution in [0, 0.1) is 0 Å². The molecule has 0 bridgehead atoms. The largest absolute Gasteiger partial charge is 0.479 e. The first-order valence-electron chi connectivity index (χ1n) is 2.29. The Morgan fingerprint density at radius 2 is 1.50 bits per heavy atom. The van der Waals surface area contributed by atoms with Crippen LogP contribution in [0.15, 0.2) is 0 Å². The van der Waals surface area contributed by atoms with Gasteiger partial charge in [0.25, 0.3) is 0 Å². The average molecular weight is 191 g/mol. The first kappa shape index (κ1) is 12.6. The molecule has 0 saturated heterocycles. The highest BCUT2D eigenvalue weighted by Gasteiger charge is 2.05. The maximum Gasteiger partial charge on any atom is 0.337 e. The predicted molar refractivity (Wildman–Crippen MR) is 37.3 cm³/mol. The molecule has 0 heterocycles. The van der Waals surface area contributed by atoms with Gasteiger partial charge in [-0.1, -0.05) is 23.2 Å². The number of rotatable bonds is 2. The molecule has 0 rings (SSSR count). The van der Waals surface area contributed by atoms with Gasteiger partial charge in [0.2, 0.25) is 4.84 Å². The lowest BCUT2D eigenvalue weighted by atomic mass is 10.8. The molecule has 0 unspecified atom stereocenters. The molecule has 0 atom stereocenters. The maximum absolute atomic E-state index is 9.44. The summed E-state index contributed by atoms with van der Waals surface area (Å²) in [5, 5.41) is 23.0. The SMILES string of the molecule is O=C(O)C(Cl)Cl.OCCO. The molecule has 62 valence electrons. The first-order chi connectivity index (χ1) is 4.56. The van der Waals surface area contributed by atoms with Crippen molar-refractivity contribution in [2.24, 2.45) is 0 Å². The topological polar surface area (TPSA) is 77.8 Å². The third-order valence-electron chi connectivity index (χ3n) is 0.287. The molecule has 10 heavy (non-hydrogen) atoms. The van der Waals surface area contributed by atoms with Gasteiger partial charge in [0, 0.05) is 0 Å². The second-order valence-electron chi connectivity index (χ2n) is 1.09. The third-order valence-corrected chi connectivity index (χ3v) is 0.660. The second kappa shape index (κ2) is 8.97. The minimum atomic E-state index is -1.29. The maximum atomic E-state index is 9.44. The Bertz CT molecular complexity index is 83.3. The molecule has 6 heteroatoms. The molecular formula is C4H8Cl2O4. The van der Waals surface area contributed by atoms with Crippen LogP contribution in [0.2, 0.25) is 0 Å². The summed E-state index contributed by atoms with van der Waals surface area (Å²) in [5.41, 5.74) is 0. The zero-order valence-corrected chi connectivity index (χ0v) is 6.51. The summed E-state index contributed by atoms with van der Waals surface area (Å²) in [6.45, 7) is -0.250. The summed E-state index contributed by atoms with van der Waals surface area (Å²) in [6.07, 6.45) is 0. The minimum absolute atomic E-state index is 0.125. The zero-order chi connectivity index (χ0) is 8.57.